The zero-order valence-electron chi connectivity index (χ0n) is 12.4. The van der Waals surface area contributed by atoms with Crippen LogP contribution in [0.3, 0.4) is 0 Å². The lowest BCUT2D eigenvalue weighted by Gasteiger charge is -2.18. The Morgan fingerprint density at radius 1 is 1.38 bits per heavy atom. The highest BCUT2D eigenvalue weighted by atomic mass is 16.5. The molecule has 2 aromatic rings. The summed E-state index contributed by atoms with van der Waals surface area (Å²) in [7, 11) is 0. The standard InChI is InChI=1S/C16H19NO4/c1-4-17-11(9-15(19)20)8-13(18)12-6-5-7-14(16(12)17)21-10(2)3/h5-8,10H,4,9H2,1-3H3,(H,19,20). The Morgan fingerprint density at radius 3 is 2.67 bits per heavy atom. The number of pyridine rings is 1. The van der Waals surface area contributed by atoms with Gasteiger partial charge in [-0.3, -0.25) is 9.59 Å². The number of aliphatic carboxylic acids is 1. The summed E-state index contributed by atoms with van der Waals surface area (Å²) in [6.07, 6.45) is -0.214. The predicted molar refractivity (Wildman–Crippen MR) is 81.0 cm³/mol. The topological polar surface area (TPSA) is 68.5 Å². The van der Waals surface area contributed by atoms with Gasteiger partial charge in [-0.15, -0.1) is 0 Å². The number of ether oxygens (including phenoxy) is 1. The lowest BCUT2D eigenvalue weighted by molar-refractivity contribution is -0.136. The van der Waals surface area contributed by atoms with Gasteiger partial charge in [0.2, 0.25) is 0 Å². The van der Waals surface area contributed by atoms with Crippen LogP contribution in [0, 0.1) is 0 Å². The fourth-order valence-electron chi connectivity index (χ4n) is 2.46. The molecule has 2 rings (SSSR count). The van der Waals surface area contributed by atoms with Gasteiger partial charge in [0.25, 0.3) is 0 Å². The number of para-hydroxylation sites is 1. The van der Waals surface area contributed by atoms with Crippen LogP contribution in [-0.4, -0.2) is 21.7 Å². The molecule has 0 aliphatic heterocycles. The Hall–Kier alpha value is -2.30. The molecule has 0 radical (unpaired) electrons. The number of aromatic nitrogens is 1. The van der Waals surface area contributed by atoms with Crippen molar-refractivity contribution in [2.75, 3.05) is 0 Å². The molecule has 5 heteroatoms. The fourth-order valence-corrected chi connectivity index (χ4v) is 2.46. The SMILES string of the molecule is CCn1c(CC(=O)O)cc(=O)c2cccc(OC(C)C)c21. The number of fused-ring (bicyclic) bond motifs is 1. The number of hydrogen-bond donors (Lipinski definition) is 1. The van der Waals surface area contributed by atoms with E-state index >= 15 is 0 Å². The molecule has 0 aliphatic carbocycles. The molecule has 1 heterocycles. The molecule has 0 aliphatic rings. The minimum Gasteiger partial charge on any atom is -0.489 e. The van der Waals surface area contributed by atoms with E-state index in [-0.39, 0.29) is 18.0 Å². The van der Waals surface area contributed by atoms with Crippen molar-refractivity contribution in [3.8, 4) is 5.75 Å². The third-order valence-electron chi connectivity index (χ3n) is 3.19. The summed E-state index contributed by atoms with van der Waals surface area (Å²) >= 11 is 0. The van der Waals surface area contributed by atoms with Crippen molar-refractivity contribution >= 4 is 16.9 Å². The van der Waals surface area contributed by atoms with Crippen LogP contribution in [0.1, 0.15) is 26.5 Å². The quantitative estimate of drug-likeness (QED) is 0.918. The number of hydrogen-bond acceptors (Lipinski definition) is 3. The van der Waals surface area contributed by atoms with Gasteiger partial charge in [0.1, 0.15) is 5.75 Å². The van der Waals surface area contributed by atoms with Crippen molar-refractivity contribution in [2.45, 2.75) is 39.8 Å². The van der Waals surface area contributed by atoms with E-state index in [0.717, 1.165) is 0 Å². The smallest absolute Gasteiger partial charge is 0.309 e. The Balaban J connectivity index is 2.80. The van der Waals surface area contributed by atoms with Crippen LogP contribution in [0.15, 0.2) is 29.1 Å². The van der Waals surface area contributed by atoms with Crippen LogP contribution in [-0.2, 0) is 17.8 Å². The van der Waals surface area contributed by atoms with Gasteiger partial charge in [-0.25, -0.2) is 0 Å². The molecule has 0 saturated carbocycles. The van der Waals surface area contributed by atoms with Crippen molar-refractivity contribution in [3.05, 3.63) is 40.2 Å². The van der Waals surface area contributed by atoms with Crippen molar-refractivity contribution in [2.24, 2.45) is 0 Å². The van der Waals surface area contributed by atoms with Gasteiger partial charge in [-0.05, 0) is 32.9 Å². The van der Waals surface area contributed by atoms with E-state index in [1.807, 2.05) is 25.3 Å². The molecule has 0 unspecified atom stereocenters. The second-order valence-corrected chi connectivity index (χ2v) is 5.13. The molecular formula is C16H19NO4. The third kappa shape index (κ3) is 3.07. The van der Waals surface area contributed by atoms with Crippen molar-refractivity contribution < 1.29 is 14.6 Å². The van der Waals surface area contributed by atoms with Crippen LogP contribution >= 0.6 is 0 Å². The van der Waals surface area contributed by atoms with E-state index in [2.05, 4.69) is 0 Å². The predicted octanol–water partition coefficient (Wildman–Crippen LogP) is 2.44. The van der Waals surface area contributed by atoms with Gasteiger partial charge in [0.15, 0.2) is 5.43 Å². The first-order chi connectivity index (χ1) is 9.93. The van der Waals surface area contributed by atoms with Crippen LogP contribution in [0.5, 0.6) is 5.75 Å². The molecule has 0 amide bonds. The summed E-state index contributed by atoms with van der Waals surface area (Å²) in [5, 5.41) is 9.56. The number of carboxylic acid groups (broad SMARTS) is 1. The highest BCUT2D eigenvalue weighted by Crippen LogP contribution is 2.26. The maximum atomic E-state index is 12.2. The van der Waals surface area contributed by atoms with Crippen LogP contribution in [0.2, 0.25) is 0 Å². The number of aryl methyl sites for hydroxylation is 1. The summed E-state index contributed by atoms with van der Waals surface area (Å²) in [6, 6.07) is 6.72. The first kappa shape index (κ1) is 15.1. The van der Waals surface area contributed by atoms with Crippen LogP contribution in [0.25, 0.3) is 10.9 Å². The maximum Gasteiger partial charge on any atom is 0.309 e. The second kappa shape index (κ2) is 5.99. The van der Waals surface area contributed by atoms with Crippen molar-refractivity contribution in [1.29, 1.82) is 0 Å². The first-order valence-electron chi connectivity index (χ1n) is 6.98. The molecule has 5 nitrogen and oxygen atoms in total. The fraction of sp³-hybridized carbons (Fsp3) is 0.375. The number of rotatable bonds is 5. The van der Waals surface area contributed by atoms with Gasteiger partial charge in [-0.2, -0.15) is 0 Å². The van der Waals surface area contributed by atoms with E-state index in [4.69, 9.17) is 9.84 Å². The second-order valence-electron chi connectivity index (χ2n) is 5.13. The lowest BCUT2D eigenvalue weighted by atomic mass is 10.1. The first-order valence-corrected chi connectivity index (χ1v) is 6.98. The summed E-state index contributed by atoms with van der Waals surface area (Å²) in [4.78, 5) is 23.2. The Morgan fingerprint density at radius 2 is 2.10 bits per heavy atom. The Bertz CT molecular complexity index is 731. The van der Waals surface area contributed by atoms with E-state index in [1.165, 1.54) is 6.07 Å². The van der Waals surface area contributed by atoms with E-state index < -0.39 is 5.97 Å². The van der Waals surface area contributed by atoms with E-state index in [0.29, 0.717) is 28.9 Å². The molecule has 0 bridgehead atoms. The van der Waals surface area contributed by atoms with Gasteiger partial charge in [-0.1, -0.05) is 6.07 Å². The van der Waals surface area contributed by atoms with Gasteiger partial charge >= 0.3 is 5.97 Å². The zero-order chi connectivity index (χ0) is 15.6. The Labute approximate surface area is 122 Å². The third-order valence-corrected chi connectivity index (χ3v) is 3.19. The molecular weight excluding hydrogens is 270 g/mol. The minimum atomic E-state index is -0.960. The monoisotopic (exact) mass is 289 g/mol. The van der Waals surface area contributed by atoms with Gasteiger partial charge in [0.05, 0.1) is 18.0 Å². The molecule has 0 saturated heterocycles. The largest absolute Gasteiger partial charge is 0.489 e. The Kier molecular flexibility index (Phi) is 4.31. The van der Waals surface area contributed by atoms with Crippen LogP contribution < -0.4 is 10.2 Å². The molecule has 0 fully saturated rings. The number of benzene rings is 1. The summed E-state index contributed by atoms with van der Waals surface area (Å²) in [5.74, 6) is -0.355. The lowest BCUT2D eigenvalue weighted by Crippen LogP contribution is -2.18. The van der Waals surface area contributed by atoms with Crippen LogP contribution in [0.4, 0.5) is 0 Å². The summed E-state index contributed by atoms with van der Waals surface area (Å²) in [5.41, 5.74) is 0.972. The van der Waals surface area contributed by atoms with Crippen molar-refractivity contribution in [3.63, 3.8) is 0 Å². The molecule has 21 heavy (non-hydrogen) atoms. The average Bonchev–Trinajstić information content (AvgIpc) is 2.38. The maximum absolute atomic E-state index is 12.2. The van der Waals surface area contributed by atoms with E-state index in [9.17, 15) is 9.59 Å². The molecule has 112 valence electrons. The molecule has 1 aromatic carbocycles. The highest BCUT2D eigenvalue weighted by Gasteiger charge is 2.15. The molecule has 0 atom stereocenters. The molecule has 1 aromatic heterocycles. The normalized spacial score (nSPS) is 11.0. The van der Waals surface area contributed by atoms with E-state index in [1.54, 1.807) is 18.2 Å². The number of carbonyl (C=O) groups is 1. The summed E-state index contributed by atoms with van der Waals surface area (Å²) < 4.78 is 7.61. The molecule has 0 spiro atoms. The zero-order valence-corrected chi connectivity index (χ0v) is 12.4. The molecule has 1 N–H and O–H groups in total. The number of carboxylic acids is 1. The highest BCUT2D eigenvalue weighted by molar-refractivity contribution is 5.86. The minimum absolute atomic E-state index is 0.0286. The average molecular weight is 289 g/mol. The van der Waals surface area contributed by atoms with Gasteiger partial charge < -0.3 is 14.4 Å². The van der Waals surface area contributed by atoms with Crippen molar-refractivity contribution in [1.82, 2.24) is 4.57 Å². The number of nitrogens with zero attached hydrogens (tertiary/aromatic N) is 1. The van der Waals surface area contributed by atoms with Gasteiger partial charge in [0, 0.05) is 23.7 Å². The summed E-state index contributed by atoms with van der Waals surface area (Å²) in [6.45, 7) is 6.31.